The Bertz CT molecular complexity index is 289. The van der Waals surface area contributed by atoms with Crippen LogP contribution in [0.15, 0.2) is 42.5 Å². The fourth-order valence-corrected chi connectivity index (χ4v) is 1.72. The van der Waals surface area contributed by atoms with Crippen molar-refractivity contribution in [2.45, 2.75) is 31.8 Å². The van der Waals surface area contributed by atoms with Crippen molar-refractivity contribution in [2.24, 2.45) is 0 Å². The largest absolute Gasteiger partial charge is 0.486 e. The standard InChI is InChI=1S/C13H16O/c1-2-5-9-12(8-4-1)14-13-10-6-3-7-11-13/h3-4,6-8,10-12H,1-2,5,9H2. The predicted molar refractivity (Wildman–Crippen MR) is 58.5 cm³/mol. The van der Waals surface area contributed by atoms with Gasteiger partial charge in [-0.3, -0.25) is 0 Å². The molecular weight excluding hydrogens is 172 g/mol. The van der Waals surface area contributed by atoms with Gasteiger partial charge >= 0.3 is 0 Å². The van der Waals surface area contributed by atoms with Crippen molar-refractivity contribution in [1.82, 2.24) is 0 Å². The number of allylic oxidation sites excluding steroid dienone is 1. The molecule has 1 atom stereocenters. The molecule has 1 heteroatoms. The van der Waals surface area contributed by atoms with E-state index in [1.165, 1.54) is 19.3 Å². The van der Waals surface area contributed by atoms with Gasteiger partial charge in [-0.05, 0) is 43.9 Å². The van der Waals surface area contributed by atoms with E-state index in [1.807, 2.05) is 30.3 Å². The minimum atomic E-state index is 0.278. The quantitative estimate of drug-likeness (QED) is 0.645. The first kappa shape index (κ1) is 9.32. The number of benzene rings is 1. The maximum atomic E-state index is 5.85. The molecule has 1 aliphatic rings. The average molecular weight is 188 g/mol. The van der Waals surface area contributed by atoms with E-state index in [0.717, 1.165) is 12.2 Å². The molecule has 0 fully saturated rings. The molecule has 74 valence electrons. The lowest BCUT2D eigenvalue weighted by atomic mass is 10.2. The van der Waals surface area contributed by atoms with Crippen LogP contribution in [0.1, 0.15) is 25.7 Å². The third-order valence-corrected chi connectivity index (χ3v) is 2.49. The number of rotatable bonds is 2. The van der Waals surface area contributed by atoms with E-state index in [0.29, 0.717) is 0 Å². The summed E-state index contributed by atoms with van der Waals surface area (Å²) in [6.07, 6.45) is 9.62. The van der Waals surface area contributed by atoms with Crippen LogP contribution in [0.2, 0.25) is 0 Å². The van der Waals surface area contributed by atoms with Crippen molar-refractivity contribution in [3.63, 3.8) is 0 Å². The third-order valence-electron chi connectivity index (χ3n) is 2.49. The van der Waals surface area contributed by atoms with Gasteiger partial charge in [0.2, 0.25) is 0 Å². The van der Waals surface area contributed by atoms with E-state index >= 15 is 0 Å². The van der Waals surface area contributed by atoms with Crippen LogP contribution in [0.25, 0.3) is 0 Å². The van der Waals surface area contributed by atoms with Gasteiger partial charge in [0.15, 0.2) is 0 Å². The summed E-state index contributed by atoms with van der Waals surface area (Å²) in [5.74, 6) is 0.976. The molecule has 2 rings (SSSR count). The van der Waals surface area contributed by atoms with Crippen molar-refractivity contribution >= 4 is 0 Å². The SMILES string of the molecule is C1=CC(Oc2ccccc2)CCCC1. The highest BCUT2D eigenvalue weighted by Gasteiger charge is 2.08. The summed E-state index contributed by atoms with van der Waals surface area (Å²) < 4.78 is 5.85. The molecule has 0 heterocycles. The first-order valence-corrected chi connectivity index (χ1v) is 5.33. The fraction of sp³-hybridized carbons (Fsp3) is 0.385. The van der Waals surface area contributed by atoms with Gasteiger partial charge < -0.3 is 4.74 Å². The van der Waals surface area contributed by atoms with Gasteiger partial charge in [-0.1, -0.05) is 24.3 Å². The lowest BCUT2D eigenvalue weighted by Crippen LogP contribution is -2.12. The van der Waals surface area contributed by atoms with E-state index in [-0.39, 0.29) is 6.10 Å². The average Bonchev–Trinajstić information content (AvgIpc) is 2.48. The Hall–Kier alpha value is -1.24. The van der Waals surface area contributed by atoms with Gasteiger partial charge in [0.1, 0.15) is 11.9 Å². The molecule has 1 aliphatic carbocycles. The summed E-state index contributed by atoms with van der Waals surface area (Å²) in [6.45, 7) is 0. The van der Waals surface area contributed by atoms with Crippen molar-refractivity contribution in [3.8, 4) is 5.75 Å². The zero-order chi connectivity index (χ0) is 9.64. The van der Waals surface area contributed by atoms with Crippen molar-refractivity contribution in [3.05, 3.63) is 42.5 Å². The Morgan fingerprint density at radius 1 is 1.07 bits per heavy atom. The second-order valence-electron chi connectivity index (χ2n) is 3.68. The highest BCUT2D eigenvalue weighted by atomic mass is 16.5. The molecule has 0 bridgehead atoms. The number of hydrogen-bond acceptors (Lipinski definition) is 1. The molecular formula is C13H16O. The first-order chi connectivity index (χ1) is 6.95. The molecule has 0 N–H and O–H groups in total. The summed E-state index contributed by atoms with van der Waals surface area (Å²) in [7, 11) is 0. The second kappa shape index (κ2) is 4.85. The highest BCUT2D eigenvalue weighted by Crippen LogP contribution is 2.18. The van der Waals surface area contributed by atoms with Gasteiger partial charge in [-0.2, -0.15) is 0 Å². The Balaban J connectivity index is 1.96. The van der Waals surface area contributed by atoms with E-state index in [4.69, 9.17) is 4.74 Å². The lowest BCUT2D eigenvalue weighted by molar-refractivity contribution is 0.237. The van der Waals surface area contributed by atoms with E-state index in [1.54, 1.807) is 0 Å². The van der Waals surface area contributed by atoms with Crippen LogP contribution in [0.4, 0.5) is 0 Å². The first-order valence-electron chi connectivity index (χ1n) is 5.33. The summed E-state index contributed by atoms with van der Waals surface area (Å²) in [5.41, 5.74) is 0. The number of hydrogen-bond donors (Lipinski definition) is 0. The molecule has 0 saturated carbocycles. The van der Waals surface area contributed by atoms with Crippen LogP contribution >= 0.6 is 0 Å². The van der Waals surface area contributed by atoms with Crippen LogP contribution in [-0.4, -0.2) is 6.10 Å². The minimum Gasteiger partial charge on any atom is -0.486 e. The zero-order valence-corrected chi connectivity index (χ0v) is 8.36. The van der Waals surface area contributed by atoms with E-state index < -0.39 is 0 Å². The predicted octanol–water partition coefficient (Wildman–Crippen LogP) is 3.56. The summed E-state index contributed by atoms with van der Waals surface area (Å²) in [4.78, 5) is 0. The highest BCUT2D eigenvalue weighted by molar-refractivity contribution is 5.21. The van der Waals surface area contributed by atoms with Gasteiger partial charge in [-0.25, -0.2) is 0 Å². The lowest BCUT2D eigenvalue weighted by Gasteiger charge is -2.13. The second-order valence-corrected chi connectivity index (χ2v) is 3.68. The zero-order valence-electron chi connectivity index (χ0n) is 8.36. The molecule has 1 aromatic rings. The normalized spacial score (nSPS) is 21.6. The Kier molecular flexibility index (Phi) is 3.23. The molecule has 1 unspecified atom stereocenters. The molecule has 14 heavy (non-hydrogen) atoms. The van der Waals surface area contributed by atoms with Crippen LogP contribution in [0.3, 0.4) is 0 Å². The summed E-state index contributed by atoms with van der Waals surface area (Å²) in [5, 5.41) is 0. The molecule has 0 aromatic heterocycles. The van der Waals surface area contributed by atoms with Gasteiger partial charge in [-0.15, -0.1) is 0 Å². The maximum absolute atomic E-state index is 5.85. The number of para-hydroxylation sites is 1. The Labute approximate surface area is 85.4 Å². The molecule has 0 spiro atoms. The molecule has 0 saturated heterocycles. The van der Waals surface area contributed by atoms with E-state index in [2.05, 4.69) is 12.2 Å². The number of ether oxygens (including phenoxy) is 1. The van der Waals surface area contributed by atoms with Crippen LogP contribution in [0, 0.1) is 0 Å². The molecule has 1 aromatic carbocycles. The van der Waals surface area contributed by atoms with E-state index in [9.17, 15) is 0 Å². The van der Waals surface area contributed by atoms with Gasteiger partial charge in [0.05, 0.1) is 0 Å². The maximum Gasteiger partial charge on any atom is 0.120 e. The summed E-state index contributed by atoms with van der Waals surface area (Å²) in [6, 6.07) is 10.1. The molecule has 1 nitrogen and oxygen atoms in total. The van der Waals surface area contributed by atoms with Gasteiger partial charge in [0, 0.05) is 0 Å². The molecule has 0 aliphatic heterocycles. The van der Waals surface area contributed by atoms with Gasteiger partial charge in [0.25, 0.3) is 0 Å². The smallest absolute Gasteiger partial charge is 0.120 e. The topological polar surface area (TPSA) is 9.23 Å². The van der Waals surface area contributed by atoms with Crippen molar-refractivity contribution in [2.75, 3.05) is 0 Å². The Morgan fingerprint density at radius 2 is 1.93 bits per heavy atom. The molecule has 0 radical (unpaired) electrons. The summed E-state index contributed by atoms with van der Waals surface area (Å²) >= 11 is 0. The monoisotopic (exact) mass is 188 g/mol. The van der Waals surface area contributed by atoms with Crippen molar-refractivity contribution < 1.29 is 4.74 Å². The minimum absolute atomic E-state index is 0.278. The Morgan fingerprint density at radius 3 is 2.79 bits per heavy atom. The fourth-order valence-electron chi connectivity index (χ4n) is 1.72. The van der Waals surface area contributed by atoms with Crippen LogP contribution in [-0.2, 0) is 0 Å². The molecule has 0 amide bonds. The van der Waals surface area contributed by atoms with Crippen molar-refractivity contribution in [1.29, 1.82) is 0 Å². The third kappa shape index (κ3) is 2.63. The van der Waals surface area contributed by atoms with Crippen LogP contribution in [0.5, 0.6) is 5.75 Å². The van der Waals surface area contributed by atoms with Crippen LogP contribution < -0.4 is 4.74 Å².